The van der Waals surface area contributed by atoms with E-state index in [1.54, 1.807) is 25.1 Å². The molecule has 1 N–H and O–H groups in total. The Hall–Kier alpha value is -2.18. The number of nitrogens with one attached hydrogen (secondary N) is 1. The number of halogens is 1. The van der Waals surface area contributed by atoms with Gasteiger partial charge in [-0.2, -0.15) is 0 Å². The number of anilines is 1. The first-order valence-corrected chi connectivity index (χ1v) is 8.14. The summed E-state index contributed by atoms with van der Waals surface area (Å²) >= 11 is 7.47. The molecule has 5 nitrogen and oxygen atoms in total. The lowest BCUT2D eigenvalue weighted by atomic mass is 10.2. The number of rotatable bonds is 2. The van der Waals surface area contributed by atoms with Gasteiger partial charge < -0.3 is 5.32 Å². The van der Waals surface area contributed by atoms with Gasteiger partial charge in [-0.25, -0.2) is 4.98 Å². The van der Waals surface area contributed by atoms with Gasteiger partial charge in [0.25, 0.3) is 11.5 Å². The van der Waals surface area contributed by atoms with E-state index in [4.69, 9.17) is 11.6 Å². The van der Waals surface area contributed by atoms with Gasteiger partial charge in [-0.1, -0.05) is 17.7 Å². The average Bonchev–Trinajstić information content (AvgIpc) is 2.80. The zero-order chi connectivity index (χ0) is 16.7. The van der Waals surface area contributed by atoms with Gasteiger partial charge in [0.2, 0.25) is 0 Å². The van der Waals surface area contributed by atoms with Gasteiger partial charge in [0.15, 0.2) is 4.96 Å². The number of carbonyl (C=O) groups is 1. The molecule has 0 fully saturated rings. The highest BCUT2D eigenvalue weighted by Gasteiger charge is 2.17. The van der Waals surface area contributed by atoms with E-state index >= 15 is 0 Å². The number of aromatic nitrogens is 2. The first kappa shape index (κ1) is 15.7. The van der Waals surface area contributed by atoms with Gasteiger partial charge in [0.1, 0.15) is 5.56 Å². The van der Waals surface area contributed by atoms with Crippen molar-refractivity contribution in [3.63, 3.8) is 0 Å². The second-order valence-electron chi connectivity index (χ2n) is 5.21. The van der Waals surface area contributed by atoms with Crippen LogP contribution in [0.25, 0.3) is 4.96 Å². The normalized spacial score (nSPS) is 11.0. The van der Waals surface area contributed by atoms with Crippen molar-refractivity contribution in [3.05, 3.63) is 61.5 Å². The molecule has 0 saturated heterocycles. The molecule has 0 unspecified atom stereocenters. The third-order valence-electron chi connectivity index (χ3n) is 3.78. The summed E-state index contributed by atoms with van der Waals surface area (Å²) in [5, 5.41) is 3.28. The zero-order valence-electron chi connectivity index (χ0n) is 12.8. The van der Waals surface area contributed by atoms with Crippen LogP contribution in [0.1, 0.15) is 26.5 Å². The Bertz CT molecular complexity index is 991. The van der Waals surface area contributed by atoms with E-state index in [1.807, 2.05) is 13.8 Å². The molecular weight excluding hydrogens is 334 g/mol. The second kappa shape index (κ2) is 5.79. The van der Waals surface area contributed by atoms with Gasteiger partial charge >= 0.3 is 0 Å². The lowest BCUT2D eigenvalue weighted by Gasteiger charge is -2.09. The lowest BCUT2D eigenvalue weighted by molar-refractivity contribution is 0.102. The summed E-state index contributed by atoms with van der Waals surface area (Å²) in [4.78, 5) is 30.8. The summed E-state index contributed by atoms with van der Waals surface area (Å²) in [7, 11) is 0. The van der Waals surface area contributed by atoms with Crippen LogP contribution in [0.15, 0.2) is 29.2 Å². The summed E-state index contributed by atoms with van der Waals surface area (Å²) < 4.78 is 1.47. The number of amides is 1. The second-order valence-corrected chi connectivity index (χ2v) is 6.79. The summed E-state index contributed by atoms with van der Waals surface area (Å²) in [6.07, 6.45) is 1.32. The maximum atomic E-state index is 12.6. The molecule has 0 radical (unpaired) electrons. The fraction of sp³-hybridized carbons (Fsp3) is 0.188. The number of hydrogen-bond donors (Lipinski definition) is 1. The smallest absolute Gasteiger partial charge is 0.271 e. The first-order chi connectivity index (χ1) is 10.9. The van der Waals surface area contributed by atoms with E-state index < -0.39 is 5.91 Å². The van der Waals surface area contributed by atoms with E-state index in [2.05, 4.69) is 10.3 Å². The number of fused-ring (bicyclic) bond motifs is 1. The fourth-order valence-corrected chi connectivity index (χ4v) is 3.37. The molecule has 0 aliphatic heterocycles. The van der Waals surface area contributed by atoms with Crippen LogP contribution in [0.3, 0.4) is 0 Å². The van der Waals surface area contributed by atoms with Crippen LogP contribution in [0, 0.1) is 20.8 Å². The minimum absolute atomic E-state index is 0.00257. The van der Waals surface area contributed by atoms with Crippen molar-refractivity contribution in [1.82, 2.24) is 9.38 Å². The van der Waals surface area contributed by atoms with E-state index in [0.717, 1.165) is 16.1 Å². The predicted octanol–water partition coefficient (Wildman–Crippen LogP) is 3.59. The van der Waals surface area contributed by atoms with Gasteiger partial charge in [-0.3, -0.25) is 14.0 Å². The Kier molecular flexibility index (Phi) is 3.95. The third kappa shape index (κ3) is 2.64. The minimum Gasteiger partial charge on any atom is -0.321 e. The van der Waals surface area contributed by atoms with Crippen LogP contribution in [0.4, 0.5) is 5.69 Å². The largest absolute Gasteiger partial charge is 0.321 e. The Morgan fingerprint density at radius 2 is 2.04 bits per heavy atom. The molecular formula is C16H14ClN3O2S. The molecule has 2 heterocycles. The summed E-state index contributed by atoms with van der Waals surface area (Å²) in [5.74, 6) is -0.495. The first-order valence-electron chi connectivity index (χ1n) is 6.94. The summed E-state index contributed by atoms with van der Waals surface area (Å²) in [6.45, 7) is 5.56. The molecule has 23 heavy (non-hydrogen) atoms. The van der Waals surface area contributed by atoms with E-state index in [0.29, 0.717) is 15.7 Å². The number of benzene rings is 1. The maximum absolute atomic E-state index is 12.6. The molecule has 0 spiro atoms. The molecule has 2 aromatic heterocycles. The van der Waals surface area contributed by atoms with Gasteiger partial charge in [-0.15, -0.1) is 11.3 Å². The quantitative estimate of drug-likeness (QED) is 0.770. The van der Waals surface area contributed by atoms with Crippen LogP contribution in [-0.4, -0.2) is 15.3 Å². The van der Waals surface area contributed by atoms with Crippen LogP contribution in [0.2, 0.25) is 5.02 Å². The van der Waals surface area contributed by atoms with Gasteiger partial charge in [0, 0.05) is 27.5 Å². The van der Waals surface area contributed by atoms with E-state index in [-0.39, 0.29) is 11.1 Å². The fourth-order valence-electron chi connectivity index (χ4n) is 2.26. The maximum Gasteiger partial charge on any atom is 0.271 e. The standard InChI is InChI=1S/C16H14ClN3O2S/c1-8-12(17)5-4-6-13(8)19-14(21)11-7-18-16-20(15(11)22)9(2)10(3)23-16/h4-7H,1-3H3,(H,19,21). The molecule has 0 atom stereocenters. The van der Waals surface area contributed by atoms with Crippen LogP contribution in [0.5, 0.6) is 0 Å². The molecule has 1 amide bonds. The average molecular weight is 348 g/mol. The molecule has 7 heteroatoms. The monoisotopic (exact) mass is 347 g/mol. The molecule has 1 aromatic carbocycles. The molecule has 0 aliphatic carbocycles. The molecule has 3 aromatic rings. The van der Waals surface area contributed by atoms with Crippen molar-refractivity contribution < 1.29 is 4.79 Å². The van der Waals surface area contributed by atoms with Crippen LogP contribution >= 0.6 is 22.9 Å². The highest BCUT2D eigenvalue weighted by atomic mass is 35.5. The Labute approximate surface area is 141 Å². The number of hydrogen-bond acceptors (Lipinski definition) is 4. The number of carbonyl (C=O) groups excluding carboxylic acids is 1. The van der Waals surface area contributed by atoms with Crippen LogP contribution in [-0.2, 0) is 0 Å². The minimum atomic E-state index is -0.495. The van der Waals surface area contributed by atoms with Gasteiger partial charge in [0.05, 0.1) is 0 Å². The van der Waals surface area contributed by atoms with Crippen molar-refractivity contribution >= 4 is 39.5 Å². The number of nitrogens with zero attached hydrogens (tertiary/aromatic N) is 2. The highest BCUT2D eigenvalue weighted by Crippen LogP contribution is 2.23. The van der Waals surface area contributed by atoms with Crippen molar-refractivity contribution in [3.8, 4) is 0 Å². The molecule has 3 rings (SSSR count). The Balaban J connectivity index is 2.05. The summed E-state index contributed by atoms with van der Waals surface area (Å²) in [5.41, 5.74) is 1.76. The predicted molar refractivity (Wildman–Crippen MR) is 93.0 cm³/mol. The topological polar surface area (TPSA) is 63.5 Å². The van der Waals surface area contributed by atoms with Crippen molar-refractivity contribution in [2.75, 3.05) is 5.32 Å². The highest BCUT2D eigenvalue weighted by molar-refractivity contribution is 7.17. The van der Waals surface area contributed by atoms with Crippen molar-refractivity contribution in [2.24, 2.45) is 0 Å². The molecule has 0 saturated carbocycles. The SMILES string of the molecule is Cc1sc2ncc(C(=O)Nc3cccc(Cl)c3C)c(=O)n2c1C. The Morgan fingerprint density at radius 1 is 1.30 bits per heavy atom. The number of thiazole rings is 1. The van der Waals surface area contributed by atoms with Crippen LogP contribution < -0.4 is 10.9 Å². The van der Waals surface area contributed by atoms with Crippen molar-refractivity contribution in [2.45, 2.75) is 20.8 Å². The molecule has 0 bridgehead atoms. The van der Waals surface area contributed by atoms with E-state index in [9.17, 15) is 9.59 Å². The summed E-state index contributed by atoms with van der Waals surface area (Å²) in [6, 6.07) is 5.22. The van der Waals surface area contributed by atoms with Crippen molar-refractivity contribution in [1.29, 1.82) is 0 Å². The molecule has 118 valence electrons. The lowest BCUT2D eigenvalue weighted by Crippen LogP contribution is -2.27. The zero-order valence-corrected chi connectivity index (χ0v) is 14.4. The Morgan fingerprint density at radius 3 is 2.78 bits per heavy atom. The number of aryl methyl sites for hydroxylation is 2. The van der Waals surface area contributed by atoms with E-state index in [1.165, 1.54) is 21.9 Å². The third-order valence-corrected chi connectivity index (χ3v) is 5.26. The van der Waals surface area contributed by atoms with Gasteiger partial charge in [-0.05, 0) is 38.5 Å². The molecule has 0 aliphatic rings.